The molecule has 0 unspecified atom stereocenters. The number of aryl methyl sites for hydroxylation is 1. The first-order chi connectivity index (χ1) is 9.11. The molecule has 1 aliphatic heterocycles. The molecule has 0 aliphatic carbocycles. The van der Waals surface area contributed by atoms with E-state index in [2.05, 4.69) is 17.1 Å². The van der Waals surface area contributed by atoms with Gasteiger partial charge in [0.2, 0.25) is 5.89 Å². The van der Waals surface area contributed by atoms with Crippen molar-refractivity contribution in [1.82, 2.24) is 15.0 Å². The van der Waals surface area contributed by atoms with Crippen LogP contribution in [0.2, 0.25) is 0 Å². The summed E-state index contributed by atoms with van der Waals surface area (Å²) in [4.78, 5) is 19.7. The Morgan fingerprint density at radius 2 is 2.32 bits per heavy atom. The summed E-state index contributed by atoms with van der Waals surface area (Å²) in [6.07, 6.45) is 1.28. The Kier molecular flexibility index (Phi) is 4.36. The summed E-state index contributed by atoms with van der Waals surface area (Å²) < 4.78 is 10.7. The predicted octanol–water partition coefficient (Wildman–Crippen LogP) is 0.316. The molecule has 19 heavy (non-hydrogen) atoms. The van der Waals surface area contributed by atoms with E-state index in [1.54, 1.807) is 14.1 Å². The number of aromatic nitrogens is 2. The van der Waals surface area contributed by atoms with Gasteiger partial charge in [-0.15, -0.1) is 0 Å². The van der Waals surface area contributed by atoms with Gasteiger partial charge < -0.3 is 19.1 Å². The molecule has 2 rings (SSSR count). The van der Waals surface area contributed by atoms with Crippen molar-refractivity contribution < 1.29 is 14.1 Å². The van der Waals surface area contributed by atoms with Crippen LogP contribution >= 0.6 is 0 Å². The number of ether oxygens (including phenoxy) is 1. The summed E-state index contributed by atoms with van der Waals surface area (Å²) in [5, 5.41) is 3.96. The van der Waals surface area contributed by atoms with Crippen LogP contribution < -0.4 is 4.90 Å². The van der Waals surface area contributed by atoms with Crippen LogP contribution in [0.15, 0.2) is 4.52 Å². The van der Waals surface area contributed by atoms with Crippen molar-refractivity contribution in [2.24, 2.45) is 0 Å². The lowest BCUT2D eigenvalue weighted by Gasteiger charge is -2.32. The number of nitrogens with zero attached hydrogens (tertiary/aromatic N) is 4. The van der Waals surface area contributed by atoms with Crippen molar-refractivity contribution in [3.8, 4) is 0 Å². The highest BCUT2D eigenvalue weighted by Crippen LogP contribution is 2.15. The number of likely N-dealkylation sites (N-methyl/N-ethyl adjacent to an activating group) is 1. The van der Waals surface area contributed by atoms with Gasteiger partial charge in [-0.3, -0.25) is 4.79 Å². The van der Waals surface area contributed by atoms with Gasteiger partial charge in [0.1, 0.15) is 0 Å². The van der Waals surface area contributed by atoms with Gasteiger partial charge in [0.05, 0.1) is 13.2 Å². The molecule has 1 aliphatic rings. The highest BCUT2D eigenvalue weighted by Gasteiger charge is 2.29. The Labute approximate surface area is 112 Å². The van der Waals surface area contributed by atoms with Crippen LogP contribution in [0.25, 0.3) is 0 Å². The molecule has 1 amide bonds. The maximum atomic E-state index is 11.9. The fourth-order valence-corrected chi connectivity index (χ4v) is 1.96. The number of morpholine rings is 1. The number of hydrogen-bond acceptors (Lipinski definition) is 6. The fourth-order valence-electron chi connectivity index (χ4n) is 1.96. The van der Waals surface area contributed by atoms with Crippen molar-refractivity contribution in [2.45, 2.75) is 25.9 Å². The molecule has 1 aromatic heterocycles. The lowest BCUT2D eigenvalue weighted by Crippen LogP contribution is -2.49. The van der Waals surface area contributed by atoms with Crippen LogP contribution in [0.3, 0.4) is 0 Å². The zero-order chi connectivity index (χ0) is 13.8. The topological polar surface area (TPSA) is 71.7 Å². The summed E-state index contributed by atoms with van der Waals surface area (Å²) in [7, 11) is 3.44. The van der Waals surface area contributed by atoms with Crippen molar-refractivity contribution >= 4 is 11.9 Å². The Bertz CT molecular complexity index is 432. The van der Waals surface area contributed by atoms with Gasteiger partial charge >= 0.3 is 0 Å². The molecule has 0 spiro atoms. The highest BCUT2D eigenvalue weighted by molar-refractivity contribution is 5.81. The molecular weight excluding hydrogens is 248 g/mol. The van der Waals surface area contributed by atoms with Gasteiger partial charge in [0.15, 0.2) is 6.10 Å². The molecule has 1 aromatic rings. The summed E-state index contributed by atoms with van der Waals surface area (Å²) >= 11 is 0. The molecule has 2 heterocycles. The molecule has 1 atom stereocenters. The summed E-state index contributed by atoms with van der Waals surface area (Å²) in [5.41, 5.74) is 0. The van der Waals surface area contributed by atoms with Crippen LogP contribution in [-0.4, -0.2) is 60.8 Å². The predicted molar refractivity (Wildman–Crippen MR) is 68.9 cm³/mol. The quantitative estimate of drug-likeness (QED) is 0.783. The molecular formula is C12H20N4O3. The Morgan fingerprint density at radius 1 is 1.53 bits per heavy atom. The second-order valence-corrected chi connectivity index (χ2v) is 4.78. The third-order valence-corrected chi connectivity index (χ3v) is 2.99. The normalized spacial score (nSPS) is 19.5. The van der Waals surface area contributed by atoms with Crippen LogP contribution in [-0.2, 0) is 16.0 Å². The first-order valence-corrected chi connectivity index (χ1v) is 6.52. The monoisotopic (exact) mass is 268 g/mol. The summed E-state index contributed by atoms with van der Waals surface area (Å²) in [5.74, 6) is 1.14. The van der Waals surface area contributed by atoms with Crippen LogP contribution in [0, 0.1) is 0 Å². The van der Waals surface area contributed by atoms with E-state index in [1.165, 1.54) is 4.90 Å². The molecule has 0 bridgehead atoms. The van der Waals surface area contributed by atoms with Gasteiger partial charge in [-0.25, -0.2) is 0 Å². The number of carbonyl (C=O) groups is 1. The van der Waals surface area contributed by atoms with E-state index in [9.17, 15) is 4.79 Å². The van der Waals surface area contributed by atoms with Gasteiger partial charge in [0.25, 0.3) is 11.9 Å². The Morgan fingerprint density at radius 3 is 3.00 bits per heavy atom. The van der Waals surface area contributed by atoms with Crippen LogP contribution in [0.5, 0.6) is 0 Å². The van der Waals surface area contributed by atoms with Gasteiger partial charge in [0, 0.05) is 27.1 Å². The maximum absolute atomic E-state index is 11.9. The van der Waals surface area contributed by atoms with E-state index in [1.807, 2.05) is 4.90 Å². The van der Waals surface area contributed by atoms with E-state index < -0.39 is 6.10 Å². The van der Waals surface area contributed by atoms with E-state index in [-0.39, 0.29) is 5.91 Å². The molecule has 0 N–H and O–H groups in total. The molecule has 1 saturated heterocycles. The van der Waals surface area contributed by atoms with Gasteiger partial charge in [-0.2, -0.15) is 4.98 Å². The number of hydrogen-bond donors (Lipinski definition) is 0. The highest BCUT2D eigenvalue weighted by atomic mass is 16.5. The standard InChI is InChI=1S/C12H20N4O3/c1-4-5-10-13-12(14-19-10)16-6-7-18-9(8-16)11(17)15(2)3/h9H,4-8H2,1-3H3/t9-/m1/s1. The fraction of sp³-hybridized carbons (Fsp3) is 0.750. The van der Waals surface area contributed by atoms with E-state index in [0.717, 1.165) is 12.8 Å². The van der Waals surface area contributed by atoms with E-state index in [0.29, 0.717) is 31.5 Å². The smallest absolute Gasteiger partial charge is 0.266 e. The van der Waals surface area contributed by atoms with Crippen LogP contribution in [0.1, 0.15) is 19.2 Å². The SMILES string of the molecule is CCCc1nc(N2CCO[C@@H](C(=O)N(C)C)C2)no1. The van der Waals surface area contributed by atoms with Crippen molar-refractivity contribution in [1.29, 1.82) is 0 Å². The number of rotatable bonds is 4. The molecule has 0 saturated carbocycles. The molecule has 1 fully saturated rings. The van der Waals surface area contributed by atoms with E-state index in [4.69, 9.17) is 9.26 Å². The lowest BCUT2D eigenvalue weighted by molar-refractivity contribution is -0.141. The second kappa shape index (κ2) is 6.01. The average molecular weight is 268 g/mol. The number of carbonyl (C=O) groups excluding carboxylic acids is 1. The number of anilines is 1. The largest absolute Gasteiger partial charge is 0.365 e. The third kappa shape index (κ3) is 3.23. The minimum Gasteiger partial charge on any atom is -0.365 e. The van der Waals surface area contributed by atoms with E-state index >= 15 is 0 Å². The molecule has 0 aromatic carbocycles. The zero-order valence-electron chi connectivity index (χ0n) is 11.6. The zero-order valence-corrected chi connectivity index (χ0v) is 11.6. The van der Waals surface area contributed by atoms with Crippen molar-refractivity contribution in [3.05, 3.63) is 5.89 Å². The third-order valence-electron chi connectivity index (χ3n) is 2.99. The molecule has 7 nitrogen and oxygen atoms in total. The van der Waals surface area contributed by atoms with Crippen molar-refractivity contribution in [2.75, 3.05) is 38.7 Å². The second-order valence-electron chi connectivity index (χ2n) is 4.78. The van der Waals surface area contributed by atoms with Crippen molar-refractivity contribution in [3.63, 3.8) is 0 Å². The minimum absolute atomic E-state index is 0.0398. The first kappa shape index (κ1) is 13.8. The summed E-state index contributed by atoms with van der Waals surface area (Å²) in [6.45, 7) is 3.68. The molecule has 7 heteroatoms. The van der Waals surface area contributed by atoms with Gasteiger partial charge in [-0.1, -0.05) is 6.92 Å². The molecule has 106 valence electrons. The minimum atomic E-state index is -0.461. The Hall–Kier alpha value is -1.63. The Balaban J connectivity index is 2.01. The molecule has 0 radical (unpaired) electrons. The maximum Gasteiger partial charge on any atom is 0.266 e. The first-order valence-electron chi connectivity index (χ1n) is 6.52. The van der Waals surface area contributed by atoms with Gasteiger partial charge in [-0.05, 0) is 11.6 Å². The number of amides is 1. The van der Waals surface area contributed by atoms with Crippen LogP contribution in [0.4, 0.5) is 5.95 Å². The lowest BCUT2D eigenvalue weighted by atomic mass is 10.2. The summed E-state index contributed by atoms with van der Waals surface area (Å²) in [6, 6.07) is 0. The average Bonchev–Trinajstić information content (AvgIpc) is 2.87.